The molecular weight excluding hydrogens is 238 g/mol. The SMILES string of the molecule is CC(C)c1cccc(-c2nc3[nH]ccc3c(=O)[nH]2)c1. The highest BCUT2D eigenvalue weighted by Crippen LogP contribution is 2.21. The topological polar surface area (TPSA) is 61.5 Å². The molecule has 0 aliphatic heterocycles. The van der Waals surface area contributed by atoms with Gasteiger partial charge >= 0.3 is 0 Å². The fourth-order valence-corrected chi connectivity index (χ4v) is 2.13. The average Bonchev–Trinajstić information content (AvgIpc) is 2.87. The van der Waals surface area contributed by atoms with E-state index in [1.165, 1.54) is 5.56 Å². The minimum Gasteiger partial charge on any atom is -0.346 e. The van der Waals surface area contributed by atoms with Crippen molar-refractivity contribution in [3.8, 4) is 11.4 Å². The number of H-pyrrole nitrogens is 2. The lowest BCUT2D eigenvalue weighted by Gasteiger charge is -2.07. The molecular formula is C15H15N3O. The molecule has 0 aliphatic carbocycles. The van der Waals surface area contributed by atoms with Gasteiger partial charge in [0.05, 0.1) is 5.39 Å². The lowest BCUT2D eigenvalue weighted by atomic mass is 10.0. The van der Waals surface area contributed by atoms with Gasteiger partial charge in [0.2, 0.25) is 0 Å². The monoisotopic (exact) mass is 253 g/mol. The molecule has 96 valence electrons. The van der Waals surface area contributed by atoms with E-state index in [9.17, 15) is 4.79 Å². The Labute approximate surface area is 110 Å². The number of aromatic nitrogens is 3. The second kappa shape index (κ2) is 4.39. The number of nitrogens with one attached hydrogen (secondary N) is 2. The van der Waals surface area contributed by atoms with Crippen molar-refractivity contribution in [3.63, 3.8) is 0 Å². The third-order valence-corrected chi connectivity index (χ3v) is 3.25. The van der Waals surface area contributed by atoms with E-state index in [-0.39, 0.29) is 5.56 Å². The third-order valence-electron chi connectivity index (χ3n) is 3.25. The minimum atomic E-state index is -0.115. The summed E-state index contributed by atoms with van der Waals surface area (Å²) in [6.45, 7) is 4.28. The maximum atomic E-state index is 11.9. The quantitative estimate of drug-likeness (QED) is 0.737. The van der Waals surface area contributed by atoms with Gasteiger partial charge in [-0.2, -0.15) is 0 Å². The van der Waals surface area contributed by atoms with Crippen molar-refractivity contribution in [3.05, 3.63) is 52.4 Å². The molecule has 0 saturated carbocycles. The number of benzene rings is 1. The smallest absolute Gasteiger partial charge is 0.260 e. The second-order valence-electron chi connectivity index (χ2n) is 4.93. The third kappa shape index (κ3) is 2.05. The van der Waals surface area contributed by atoms with Crippen molar-refractivity contribution in [1.82, 2.24) is 15.0 Å². The van der Waals surface area contributed by atoms with E-state index >= 15 is 0 Å². The molecule has 0 atom stereocenters. The lowest BCUT2D eigenvalue weighted by Crippen LogP contribution is -2.08. The van der Waals surface area contributed by atoms with Crippen LogP contribution in [0.1, 0.15) is 25.3 Å². The van der Waals surface area contributed by atoms with Crippen LogP contribution in [0.25, 0.3) is 22.4 Å². The predicted octanol–water partition coefficient (Wildman–Crippen LogP) is 3.04. The van der Waals surface area contributed by atoms with Gasteiger partial charge in [0.25, 0.3) is 5.56 Å². The van der Waals surface area contributed by atoms with Crippen molar-refractivity contribution < 1.29 is 0 Å². The average molecular weight is 253 g/mol. The fraction of sp³-hybridized carbons (Fsp3) is 0.200. The molecule has 4 heteroatoms. The van der Waals surface area contributed by atoms with E-state index in [2.05, 4.69) is 40.9 Å². The summed E-state index contributed by atoms with van der Waals surface area (Å²) in [5, 5.41) is 0.587. The van der Waals surface area contributed by atoms with E-state index in [1.807, 2.05) is 12.1 Å². The van der Waals surface area contributed by atoms with Gasteiger partial charge in [0.1, 0.15) is 11.5 Å². The summed E-state index contributed by atoms with van der Waals surface area (Å²) in [7, 11) is 0. The van der Waals surface area contributed by atoms with E-state index in [4.69, 9.17) is 0 Å². The predicted molar refractivity (Wildman–Crippen MR) is 76.2 cm³/mol. The number of aromatic amines is 2. The van der Waals surface area contributed by atoms with Crippen LogP contribution in [0.4, 0.5) is 0 Å². The summed E-state index contributed by atoms with van der Waals surface area (Å²) in [5.41, 5.74) is 2.66. The zero-order valence-corrected chi connectivity index (χ0v) is 10.9. The molecule has 3 aromatic rings. The van der Waals surface area contributed by atoms with Crippen LogP contribution < -0.4 is 5.56 Å². The molecule has 2 heterocycles. The Bertz CT molecular complexity index is 783. The van der Waals surface area contributed by atoms with Gasteiger partial charge in [-0.1, -0.05) is 32.0 Å². The summed E-state index contributed by atoms with van der Waals surface area (Å²) < 4.78 is 0. The van der Waals surface area contributed by atoms with Crippen molar-refractivity contribution in [1.29, 1.82) is 0 Å². The molecule has 0 saturated heterocycles. The van der Waals surface area contributed by atoms with Crippen LogP contribution in [-0.2, 0) is 0 Å². The van der Waals surface area contributed by atoms with Gasteiger partial charge in [-0.25, -0.2) is 4.98 Å². The van der Waals surface area contributed by atoms with Gasteiger partial charge in [-0.15, -0.1) is 0 Å². The molecule has 3 rings (SSSR count). The van der Waals surface area contributed by atoms with E-state index < -0.39 is 0 Å². The molecule has 0 spiro atoms. The first kappa shape index (κ1) is 11.7. The van der Waals surface area contributed by atoms with Crippen molar-refractivity contribution in [2.24, 2.45) is 0 Å². The van der Waals surface area contributed by atoms with Gasteiger partial charge in [0, 0.05) is 11.8 Å². The van der Waals surface area contributed by atoms with Crippen LogP contribution in [0.15, 0.2) is 41.3 Å². The summed E-state index contributed by atoms with van der Waals surface area (Å²) in [4.78, 5) is 22.2. The van der Waals surface area contributed by atoms with E-state index in [0.717, 1.165) is 5.56 Å². The Kier molecular flexibility index (Phi) is 2.71. The molecule has 2 N–H and O–H groups in total. The van der Waals surface area contributed by atoms with Crippen LogP contribution in [0, 0.1) is 0 Å². The van der Waals surface area contributed by atoms with Gasteiger partial charge in [-0.05, 0) is 23.6 Å². The zero-order valence-electron chi connectivity index (χ0n) is 10.9. The van der Waals surface area contributed by atoms with Crippen LogP contribution in [0.3, 0.4) is 0 Å². The molecule has 2 aromatic heterocycles. The Morgan fingerprint density at radius 3 is 2.84 bits per heavy atom. The second-order valence-corrected chi connectivity index (χ2v) is 4.93. The maximum absolute atomic E-state index is 11.9. The van der Waals surface area contributed by atoms with Gasteiger partial charge in [-0.3, -0.25) is 4.79 Å². The van der Waals surface area contributed by atoms with Crippen LogP contribution >= 0.6 is 0 Å². The molecule has 0 unspecified atom stereocenters. The molecule has 0 radical (unpaired) electrons. The largest absolute Gasteiger partial charge is 0.346 e. The van der Waals surface area contributed by atoms with Gasteiger partial charge < -0.3 is 9.97 Å². The number of hydrogen-bond acceptors (Lipinski definition) is 2. The molecule has 0 amide bonds. The molecule has 0 fully saturated rings. The standard InChI is InChI=1S/C15H15N3O/c1-9(2)10-4-3-5-11(8-10)13-17-14-12(6-7-16-14)15(19)18-13/h3-9H,1-2H3,(H2,16,17,18,19). The number of nitrogens with zero attached hydrogens (tertiary/aromatic N) is 1. The van der Waals surface area contributed by atoms with Gasteiger partial charge in [0.15, 0.2) is 0 Å². The Hall–Kier alpha value is -2.36. The van der Waals surface area contributed by atoms with Crippen molar-refractivity contribution in [2.45, 2.75) is 19.8 Å². The first-order valence-corrected chi connectivity index (χ1v) is 6.33. The highest BCUT2D eigenvalue weighted by Gasteiger charge is 2.08. The minimum absolute atomic E-state index is 0.115. The molecule has 1 aromatic carbocycles. The lowest BCUT2D eigenvalue weighted by molar-refractivity contribution is 0.867. The molecule has 4 nitrogen and oxygen atoms in total. The maximum Gasteiger partial charge on any atom is 0.260 e. The van der Waals surface area contributed by atoms with Crippen LogP contribution in [0.5, 0.6) is 0 Å². The van der Waals surface area contributed by atoms with E-state index in [1.54, 1.807) is 12.3 Å². The van der Waals surface area contributed by atoms with Crippen molar-refractivity contribution in [2.75, 3.05) is 0 Å². The Morgan fingerprint density at radius 2 is 2.05 bits per heavy atom. The van der Waals surface area contributed by atoms with E-state index in [0.29, 0.717) is 22.8 Å². The van der Waals surface area contributed by atoms with Crippen LogP contribution in [0.2, 0.25) is 0 Å². The summed E-state index contributed by atoms with van der Waals surface area (Å²) in [6.07, 6.45) is 1.72. The van der Waals surface area contributed by atoms with Crippen LogP contribution in [-0.4, -0.2) is 15.0 Å². The number of hydrogen-bond donors (Lipinski definition) is 2. The normalized spacial score (nSPS) is 11.3. The van der Waals surface area contributed by atoms with Crippen molar-refractivity contribution >= 4 is 11.0 Å². The summed E-state index contributed by atoms with van der Waals surface area (Å²) >= 11 is 0. The molecule has 0 bridgehead atoms. The highest BCUT2D eigenvalue weighted by molar-refractivity contribution is 5.76. The fourth-order valence-electron chi connectivity index (χ4n) is 2.13. The Morgan fingerprint density at radius 1 is 1.21 bits per heavy atom. The summed E-state index contributed by atoms with van der Waals surface area (Å²) in [6, 6.07) is 9.83. The Balaban J connectivity index is 2.18. The molecule has 0 aliphatic rings. The number of rotatable bonds is 2. The zero-order chi connectivity index (χ0) is 13.4. The molecule has 19 heavy (non-hydrogen) atoms. The first-order chi connectivity index (χ1) is 9.15. The summed E-state index contributed by atoms with van der Waals surface area (Å²) in [5.74, 6) is 1.04. The number of fused-ring (bicyclic) bond motifs is 1. The first-order valence-electron chi connectivity index (χ1n) is 6.33. The highest BCUT2D eigenvalue weighted by atomic mass is 16.1.